The van der Waals surface area contributed by atoms with Crippen molar-refractivity contribution in [1.29, 1.82) is 0 Å². The number of amides is 1. The molecule has 0 bridgehead atoms. The summed E-state index contributed by atoms with van der Waals surface area (Å²) in [6.07, 6.45) is 2.90. The van der Waals surface area contributed by atoms with Gasteiger partial charge in [-0.05, 0) is 32.2 Å². The molecule has 3 N–H and O–H groups in total. The molecular weight excluding hydrogens is 208 g/mol. The van der Waals surface area contributed by atoms with E-state index in [1.54, 1.807) is 0 Å². The molecule has 0 aromatic carbocycles. The number of carbonyl (C=O) groups excluding carboxylic acids is 1. The first kappa shape index (κ1) is 13.0. The lowest BCUT2D eigenvalue weighted by atomic mass is 10.0. The van der Waals surface area contributed by atoms with Crippen molar-refractivity contribution in [2.45, 2.75) is 38.6 Å². The third-order valence-corrected chi connectivity index (χ3v) is 3.08. The Morgan fingerprint density at radius 2 is 2.25 bits per heavy atom. The van der Waals surface area contributed by atoms with E-state index in [-0.39, 0.29) is 11.8 Å². The van der Waals surface area contributed by atoms with Crippen LogP contribution in [-0.4, -0.2) is 41.0 Å². The highest BCUT2D eigenvalue weighted by atomic mass is 16.4. The van der Waals surface area contributed by atoms with E-state index in [1.807, 2.05) is 6.92 Å². The summed E-state index contributed by atoms with van der Waals surface area (Å²) >= 11 is 0. The van der Waals surface area contributed by atoms with Crippen molar-refractivity contribution in [1.82, 2.24) is 4.90 Å². The van der Waals surface area contributed by atoms with E-state index in [1.165, 1.54) is 4.90 Å². The molecule has 0 aromatic heterocycles. The van der Waals surface area contributed by atoms with E-state index in [0.717, 1.165) is 19.3 Å². The fourth-order valence-electron chi connectivity index (χ4n) is 2.12. The molecule has 92 valence electrons. The van der Waals surface area contributed by atoms with Gasteiger partial charge in [0.25, 0.3) is 0 Å². The van der Waals surface area contributed by atoms with Crippen molar-refractivity contribution >= 4 is 11.9 Å². The standard InChI is InChI=1S/C11H20N2O3/c1-8(4-2-6-12)10(14)13-7-3-5-9(13)11(15)16/h8-9H,2-7,12H2,1H3,(H,15,16). The molecule has 16 heavy (non-hydrogen) atoms. The quantitative estimate of drug-likeness (QED) is 0.715. The van der Waals surface area contributed by atoms with Crippen LogP contribution in [-0.2, 0) is 9.59 Å². The normalized spacial score (nSPS) is 22.1. The monoisotopic (exact) mass is 228 g/mol. The van der Waals surface area contributed by atoms with Crippen molar-refractivity contribution in [3.63, 3.8) is 0 Å². The zero-order valence-corrected chi connectivity index (χ0v) is 9.69. The summed E-state index contributed by atoms with van der Waals surface area (Å²) in [6.45, 7) is 2.98. The van der Waals surface area contributed by atoms with E-state index in [2.05, 4.69) is 0 Å². The second-order valence-electron chi connectivity index (χ2n) is 4.36. The van der Waals surface area contributed by atoms with Gasteiger partial charge in [0.05, 0.1) is 0 Å². The van der Waals surface area contributed by atoms with Gasteiger partial charge in [-0.25, -0.2) is 4.79 Å². The smallest absolute Gasteiger partial charge is 0.326 e. The molecule has 1 rings (SSSR count). The molecule has 2 atom stereocenters. The van der Waals surface area contributed by atoms with Gasteiger partial charge in [0.1, 0.15) is 6.04 Å². The summed E-state index contributed by atoms with van der Waals surface area (Å²) < 4.78 is 0. The molecule has 0 aliphatic carbocycles. The van der Waals surface area contributed by atoms with Crippen LogP contribution in [0.2, 0.25) is 0 Å². The number of hydrogen-bond donors (Lipinski definition) is 2. The molecule has 1 amide bonds. The number of carbonyl (C=O) groups is 2. The number of nitrogens with two attached hydrogens (primary N) is 1. The first-order valence-electron chi connectivity index (χ1n) is 5.81. The summed E-state index contributed by atoms with van der Waals surface area (Å²) in [5.74, 6) is -1.06. The summed E-state index contributed by atoms with van der Waals surface area (Å²) in [6, 6.07) is -0.618. The third kappa shape index (κ3) is 2.95. The van der Waals surface area contributed by atoms with Gasteiger partial charge in [0, 0.05) is 12.5 Å². The molecule has 0 radical (unpaired) electrons. The molecule has 0 aromatic rings. The third-order valence-electron chi connectivity index (χ3n) is 3.08. The lowest BCUT2D eigenvalue weighted by Gasteiger charge is -2.24. The Morgan fingerprint density at radius 3 is 2.81 bits per heavy atom. The van der Waals surface area contributed by atoms with E-state index >= 15 is 0 Å². The number of likely N-dealkylation sites (tertiary alicyclic amines) is 1. The van der Waals surface area contributed by atoms with Crippen LogP contribution < -0.4 is 5.73 Å². The Hall–Kier alpha value is -1.10. The van der Waals surface area contributed by atoms with Crippen molar-refractivity contribution in [2.75, 3.05) is 13.1 Å². The van der Waals surface area contributed by atoms with Crippen molar-refractivity contribution < 1.29 is 14.7 Å². The highest BCUT2D eigenvalue weighted by molar-refractivity contribution is 5.85. The number of carboxylic acid groups (broad SMARTS) is 1. The molecule has 5 nitrogen and oxygen atoms in total. The topological polar surface area (TPSA) is 83.6 Å². The van der Waals surface area contributed by atoms with Crippen LogP contribution in [0, 0.1) is 5.92 Å². The first-order valence-corrected chi connectivity index (χ1v) is 5.81. The molecule has 1 saturated heterocycles. The molecule has 1 aliphatic heterocycles. The minimum Gasteiger partial charge on any atom is -0.480 e. The highest BCUT2D eigenvalue weighted by Crippen LogP contribution is 2.21. The second kappa shape index (κ2) is 5.84. The summed E-state index contributed by atoms with van der Waals surface area (Å²) in [5.41, 5.74) is 5.39. The predicted octanol–water partition coefficient (Wildman–Crippen LogP) is 0.437. The van der Waals surface area contributed by atoms with Gasteiger partial charge in [-0.15, -0.1) is 0 Å². The van der Waals surface area contributed by atoms with Crippen LogP contribution in [0.4, 0.5) is 0 Å². The SMILES string of the molecule is CC(CCCN)C(=O)N1CCCC1C(=O)O. The Labute approximate surface area is 95.6 Å². The number of nitrogens with zero attached hydrogens (tertiary/aromatic N) is 1. The average Bonchev–Trinajstić information content (AvgIpc) is 2.73. The fourth-order valence-corrected chi connectivity index (χ4v) is 2.12. The summed E-state index contributed by atoms with van der Waals surface area (Å²) in [5, 5.41) is 8.98. The van der Waals surface area contributed by atoms with Crippen LogP contribution in [0.15, 0.2) is 0 Å². The van der Waals surface area contributed by atoms with Gasteiger partial charge in [-0.3, -0.25) is 4.79 Å². The number of aliphatic carboxylic acids is 1. The second-order valence-corrected chi connectivity index (χ2v) is 4.36. The largest absolute Gasteiger partial charge is 0.480 e. The van der Waals surface area contributed by atoms with Gasteiger partial charge >= 0.3 is 5.97 Å². The Kier molecular flexibility index (Phi) is 4.73. The molecule has 1 fully saturated rings. The Morgan fingerprint density at radius 1 is 1.56 bits per heavy atom. The fraction of sp³-hybridized carbons (Fsp3) is 0.818. The zero-order valence-electron chi connectivity index (χ0n) is 9.69. The van der Waals surface area contributed by atoms with Crippen LogP contribution in [0.1, 0.15) is 32.6 Å². The van der Waals surface area contributed by atoms with E-state index < -0.39 is 12.0 Å². The van der Waals surface area contributed by atoms with E-state index in [4.69, 9.17) is 10.8 Å². The number of rotatable bonds is 5. The van der Waals surface area contributed by atoms with Gasteiger partial charge in [-0.1, -0.05) is 6.92 Å². The molecule has 1 aliphatic rings. The molecular formula is C11H20N2O3. The van der Waals surface area contributed by atoms with Gasteiger partial charge in [0.15, 0.2) is 0 Å². The van der Waals surface area contributed by atoms with Gasteiger partial charge < -0.3 is 15.7 Å². The summed E-state index contributed by atoms with van der Waals surface area (Å²) in [7, 11) is 0. The molecule has 2 unspecified atom stereocenters. The minimum atomic E-state index is -0.892. The lowest BCUT2D eigenvalue weighted by Crippen LogP contribution is -2.43. The number of hydrogen-bond acceptors (Lipinski definition) is 3. The molecule has 1 heterocycles. The molecule has 5 heteroatoms. The van der Waals surface area contributed by atoms with Crippen LogP contribution >= 0.6 is 0 Å². The lowest BCUT2D eigenvalue weighted by molar-refractivity contribution is -0.149. The van der Waals surface area contributed by atoms with E-state index in [9.17, 15) is 9.59 Å². The number of carboxylic acids is 1. The first-order chi connectivity index (χ1) is 7.57. The maximum Gasteiger partial charge on any atom is 0.326 e. The minimum absolute atomic E-state index is 0.0432. The van der Waals surface area contributed by atoms with Crippen molar-refractivity contribution in [3.8, 4) is 0 Å². The highest BCUT2D eigenvalue weighted by Gasteiger charge is 2.35. The van der Waals surface area contributed by atoms with Gasteiger partial charge in [0.2, 0.25) is 5.91 Å². The maximum atomic E-state index is 12.0. The van der Waals surface area contributed by atoms with Crippen molar-refractivity contribution in [3.05, 3.63) is 0 Å². The van der Waals surface area contributed by atoms with Crippen molar-refractivity contribution in [2.24, 2.45) is 11.7 Å². The summed E-state index contributed by atoms with van der Waals surface area (Å²) in [4.78, 5) is 24.4. The van der Waals surface area contributed by atoms with Crippen LogP contribution in [0.5, 0.6) is 0 Å². The van der Waals surface area contributed by atoms with Gasteiger partial charge in [-0.2, -0.15) is 0 Å². The molecule has 0 spiro atoms. The van der Waals surface area contributed by atoms with Crippen LogP contribution in [0.3, 0.4) is 0 Å². The Bertz CT molecular complexity index is 268. The molecule has 0 saturated carbocycles. The zero-order chi connectivity index (χ0) is 12.1. The maximum absolute atomic E-state index is 12.0. The van der Waals surface area contributed by atoms with E-state index in [0.29, 0.717) is 19.5 Å². The average molecular weight is 228 g/mol. The predicted molar refractivity (Wildman–Crippen MR) is 59.8 cm³/mol. The Balaban J connectivity index is 2.55. The van der Waals surface area contributed by atoms with Crippen LogP contribution in [0.25, 0.3) is 0 Å².